The van der Waals surface area contributed by atoms with Crippen LogP contribution in [0.2, 0.25) is 0 Å². The van der Waals surface area contributed by atoms with Gasteiger partial charge in [-0.25, -0.2) is 4.39 Å². The van der Waals surface area contributed by atoms with Crippen LogP contribution in [0.25, 0.3) is 11.1 Å². The van der Waals surface area contributed by atoms with Crippen molar-refractivity contribution in [2.75, 3.05) is 0 Å². The molecule has 0 atom stereocenters. The zero-order valence-corrected chi connectivity index (χ0v) is 8.83. The Morgan fingerprint density at radius 2 is 1.79 bits per heavy atom. The van der Waals surface area contributed by atoms with E-state index < -0.39 is 0 Å². The van der Waals surface area contributed by atoms with Crippen molar-refractivity contribution >= 4 is 15.9 Å². The van der Waals surface area contributed by atoms with E-state index in [1.54, 1.807) is 36.7 Å². The van der Waals surface area contributed by atoms with Crippen molar-refractivity contribution in [3.05, 3.63) is 53.0 Å². The van der Waals surface area contributed by atoms with E-state index in [-0.39, 0.29) is 5.82 Å². The van der Waals surface area contributed by atoms with Crippen molar-refractivity contribution in [3.63, 3.8) is 0 Å². The third-order valence-electron chi connectivity index (χ3n) is 1.94. The van der Waals surface area contributed by atoms with Crippen molar-refractivity contribution in [2.45, 2.75) is 0 Å². The Labute approximate surface area is 89.7 Å². The summed E-state index contributed by atoms with van der Waals surface area (Å²) in [5.41, 5.74) is 1.42. The third-order valence-corrected chi connectivity index (χ3v) is 2.56. The molecule has 0 aliphatic heterocycles. The van der Waals surface area contributed by atoms with Gasteiger partial charge in [0.25, 0.3) is 0 Å². The van der Waals surface area contributed by atoms with Gasteiger partial charge in [-0.1, -0.05) is 12.1 Å². The first kappa shape index (κ1) is 9.34. The lowest BCUT2D eigenvalue weighted by atomic mass is 10.1. The smallest absolute Gasteiger partial charge is 0.145 e. The number of nitrogens with zero attached hydrogens (tertiary/aromatic N) is 1. The number of aromatic nitrogens is 1. The summed E-state index contributed by atoms with van der Waals surface area (Å²) in [6, 6.07) is 8.80. The quantitative estimate of drug-likeness (QED) is 0.754. The average molecular weight is 252 g/mol. The summed E-state index contributed by atoms with van der Waals surface area (Å²) in [6.45, 7) is 0. The molecule has 0 aliphatic rings. The number of benzene rings is 1. The van der Waals surface area contributed by atoms with Gasteiger partial charge in [0.1, 0.15) is 5.82 Å². The van der Waals surface area contributed by atoms with Crippen LogP contribution in [0.5, 0.6) is 0 Å². The van der Waals surface area contributed by atoms with Gasteiger partial charge in [0.15, 0.2) is 0 Å². The molecule has 0 aliphatic carbocycles. The Hall–Kier alpha value is -1.22. The van der Waals surface area contributed by atoms with Gasteiger partial charge in [-0.3, -0.25) is 4.98 Å². The number of hydrogen-bond donors (Lipinski definition) is 0. The van der Waals surface area contributed by atoms with Crippen molar-refractivity contribution < 1.29 is 4.39 Å². The molecule has 0 N–H and O–H groups in total. The maximum Gasteiger partial charge on any atom is 0.145 e. The maximum absolute atomic E-state index is 13.6. The van der Waals surface area contributed by atoms with E-state index in [4.69, 9.17) is 0 Å². The highest BCUT2D eigenvalue weighted by molar-refractivity contribution is 9.10. The van der Waals surface area contributed by atoms with Crippen molar-refractivity contribution in [1.82, 2.24) is 4.98 Å². The van der Waals surface area contributed by atoms with Gasteiger partial charge < -0.3 is 0 Å². The molecule has 70 valence electrons. The lowest BCUT2D eigenvalue weighted by Gasteiger charge is -2.03. The van der Waals surface area contributed by atoms with Crippen molar-refractivity contribution in [2.24, 2.45) is 0 Å². The molecular weight excluding hydrogens is 245 g/mol. The first-order valence-electron chi connectivity index (χ1n) is 4.13. The summed E-state index contributed by atoms with van der Waals surface area (Å²) in [7, 11) is 0. The van der Waals surface area contributed by atoms with Crippen LogP contribution in [0.1, 0.15) is 0 Å². The average Bonchev–Trinajstić information content (AvgIpc) is 2.23. The summed E-state index contributed by atoms with van der Waals surface area (Å²) in [5.74, 6) is -0.237. The standard InChI is InChI=1S/C11H7BrFN/c12-10-3-1-2-9(11(10)13)8-4-6-14-7-5-8/h1-7H. The molecule has 0 saturated carbocycles. The van der Waals surface area contributed by atoms with E-state index in [2.05, 4.69) is 20.9 Å². The molecule has 0 unspecified atom stereocenters. The minimum absolute atomic E-state index is 0.237. The topological polar surface area (TPSA) is 12.9 Å². The molecule has 14 heavy (non-hydrogen) atoms. The van der Waals surface area contributed by atoms with Crippen LogP contribution in [0.3, 0.4) is 0 Å². The first-order chi connectivity index (χ1) is 6.79. The Bertz CT molecular complexity index is 442. The zero-order valence-electron chi connectivity index (χ0n) is 7.24. The third kappa shape index (κ3) is 1.68. The highest BCUT2D eigenvalue weighted by Crippen LogP contribution is 2.26. The van der Waals surface area contributed by atoms with Gasteiger partial charge in [-0.05, 0) is 39.7 Å². The van der Waals surface area contributed by atoms with Gasteiger partial charge in [0.05, 0.1) is 4.47 Å². The van der Waals surface area contributed by atoms with Crippen molar-refractivity contribution in [3.8, 4) is 11.1 Å². The van der Waals surface area contributed by atoms with E-state index >= 15 is 0 Å². The van der Waals surface area contributed by atoms with Crippen LogP contribution < -0.4 is 0 Å². The van der Waals surface area contributed by atoms with Gasteiger partial charge in [-0.15, -0.1) is 0 Å². The van der Waals surface area contributed by atoms with Crippen LogP contribution in [-0.2, 0) is 0 Å². The fraction of sp³-hybridized carbons (Fsp3) is 0. The number of rotatable bonds is 1. The van der Waals surface area contributed by atoms with E-state index in [0.29, 0.717) is 10.0 Å². The van der Waals surface area contributed by atoms with Gasteiger partial charge in [0, 0.05) is 18.0 Å². The molecule has 2 aromatic rings. The SMILES string of the molecule is Fc1c(Br)cccc1-c1ccncc1. The second kappa shape index (κ2) is 3.88. The predicted octanol–water partition coefficient (Wildman–Crippen LogP) is 3.65. The van der Waals surface area contributed by atoms with E-state index in [9.17, 15) is 4.39 Å². The second-order valence-electron chi connectivity index (χ2n) is 2.84. The number of hydrogen-bond acceptors (Lipinski definition) is 1. The molecule has 3 heteroatoms. The maximum atomic E-state index is 13.6. The predicted molar refractivity (Wildman–Crippen MR) is 57.3 cm³/mol. The molecule has 1 heterocycles. The summed E-state index contributed by atoms with van der Waals surface area (Å²) < 4.78 is 14.1. The summed E-state index contributed by atoms with van der Waals surface area (Å²) in [4.78, 5) is 3.89. The highest BCUT2D eigenvalue weighted by Gasteiger charge is 2.06. The zero-order chi connectivity index (χ0) is 9.97. The summed E-state index contributed by atoms with van der Waals surface area (Å²) >= 11 is 3.15. The molecule has 0 spiro atoms. The molecule has 0 fully saturated rings. The van der Waals surface area contributed by atoms with Crippen LogP contribution in [0.15, 0.2) is 47.2 Å². The highest BCUT2D eigenvalue weighted by atomic mass is 79.9. The molecule has 1 nitrogen and oxygen atoms in total. The van der Waals surface area contributed by atoms with Gasteiger partial charge in [-0.2, -0.15) is 0 Å². The minimum atomic E-state index is -0.237. The lowest BCUT2D eigenvalue weighted by Crippen LogP contribution is -1.85. The summed E-state index contributed by atoms with van der Waals surface area (Å²) in [5, 5.41) is 0. The van der Waals surface area contributed by atoms with Gasteiger partial charge in [0.2, 0.25) is 0 Å². The second-order valence-corrected chi connectivity index (χ2v) is 3.69. The Morgan fingerprint density at radius 3 is 2.50 bits per heavy atom. The molecule has 0 saturated heterocycles. The molecule has 0 radical (unpaired) electrons. The normalized spacial score (nSPS) is 10.1. The fourth-order valence-electron chi connectivity index (χ4n) is 1.26. The van der Waals surface area contributed by atoms with E-state index in [0.717, 1.165) is 5.56 Å². The summed E-state index contributed by atoms with van der Waals surface area (Å²) in [6.07, 6.45) is 3.30. The molecule has 0 bridgehead atoms. The Morgan fingerprint density at radius 1 is 1.07 bits per heavy atom. The molecule has 1 aromatic heterocycles. The van der Waals surface area contributed by atoms with Crippen LogP contribution >= 0.6 is 15.9 Å². The molecular formula is C11H7BrFN. The number of pyridine rings is 1. The largest absolute Gasteiger partial charge is 0.265 e. The lowest BCUT2D eigenvalue weighted by molar-refractivity contribution is 0.624. The Balaban J connectivity index is 2.58. The van der Waals surface area contributed by atoms with E-state index in [1.165, 1.54) is 0 Å². The molecule has 0 amide bonds. The van der Waals surface area contributed by atoms with Crippen molar-refractivity contribution in [1.29, 1.82) is 0 Å². The minimum Gasteiger partial charge on any atom is -0.265 e. The molecule has 1 aromatic carbocycles. The first-order valence-corrected chi connectivity index (χ1v) is 4.93. The van der Waals surface area contributed by atoms with E-state index in [1.807, 2.05) is 6.07 Å². The van der Waals surface area contributed by atoms with Crippen LogP contribution in [-0.4, -0.2) is 4.98 Å². The fourth-order valence-corrected chi connectivity index (χ4v) is 1.62. The molecule has 2 rings (SSSR count). The Kier molecular flexibility index (Phi) is 2.59. The van der Waals surface area contributed by atoms with Crippen LogP contribution in [0.4, 0.5) is 4.39 Å². The van der Waals surface area contributed by atoms with Crippen LogP contribution in [0, 0.1) is 5.82 Å². The van der Waals surface area contributed by atoms with Gasteiger partial charge >= 0.3 is 0 Å². The monoisotopic (exact) mass is 251 g/mol. The number of halogens is 2.